The van der Waals surface area contributed by atoms with Crippen molar-refractivity contribution in [2.75, 3.05) is 6.61 Å². The van der Waals surface area contributed by atoms with Crippen LogP contribution in [-0.4, -0.2) is 10.7 Å². The van der Waals surface area contributed by atoms with Crippen molar-refractivity contribution in [3.8, 4) is 11.5 Å². The van der Waals surface area contributed by atoms with Crippen LogP contribution in [0.3, 0.4) is 0 Å². The maximum absolute atomic E-state index is 5.44. The second-order valence-corrected chi connectivity index (χ2v) is 4.07. The summed E-state index contributed by atoms with van der Waals surface area (Å²) in [5.41, 5.74) is 0. The molecule has 1 aromatic rings. The molecular weight excluding hydrogens is 263 g/mol. The van der Waals surface area contributed by atoms with Crippen molar-refractivity contribution >= 4 is 33.9 Å². The van der Waals surface area contributed by atoms with Crippen molar-refractivity contribution in [2.24, 2.45) is 0 Å². The monoisotopic (exact) mass is 268 g/mol. The normalized spacial score (nSPS) is 22.7. The van der Waals surface area contributed by atoms with Crippen molar-refractivity contribution < 1.29 is 9.47 Å². The molecule has 1 aromatic heterocycles. The molecule has 2 nitrogen and oxygen atoms in total. The highest BCUT2D eigenvalue weighted by Crippen LogP contribution is 2.36. The molecule has 0 N–H and O–H groups in total. The van der Waals surface area contributed by atoms with Crippen LogP contribution in [0, 0.1) is 0 Å². The third-order valence-corrected chi connectivity index (χ3v) is 2.53. The highest BCUT2D eigenvalue weighted by Gasteiger charge is 2.18. The third-order valence-electron chi connectivity index (χ3n) is 1.22. The van der Waals surface area contributed by atoms with Gasteiger partial charge in [-0.1, -0.05) is 0 Å². The van der Waals surface area contributed by atoms with Gasteiger partial charge in [0.1, 0.15) is 6.61 Å². The maximum Gasteiger partial charge on any atom is 0.183 e. The molecule has 2 rings (SSSR count). The van der Waals surface area contributed by atoms with Crippen molar-refractivity contribution in [3.63, 3.8) is 0 Å². The van der Waals surface area contributed by atoms with E-state index in [0.717, 1.165) is 11.5 Å². The molecule has 0 spiro atoms. The Morgan fingerprint density at radius 1 is 1.50 bits per heavy atom. The van der Waals surface area contributed by atoms with E-state index in [4.69, 9.17) is 9.47 Å². The first kappa shape index (κ1) is 6.72. The lowest BCUT2D eigenvalue weighted by Crippen LogP contribution is -2.21. The van der Waals surface area contributed by atoms with Crippen LogP contribution in [0.4, 0.5) is 0 Å². The molecule has 2 heterocycles. The van der Waals surface area contributed by atoms with E-state index in [-0.39, 0.29) is 4.11 Å². The Labute approximate surface area is 76.3 Å². The third kappa shape index (κ3) is 1.10. The molecule has 0 amide bonds. The molecule has 0 aromatic carbocycles. The lowest BCUT2D eigenvalue weighted by atomic mass is 10.5. The van der Waals surface area contributed by atoms with Crippen LogP contribution >= 0.6 is 33.9 Å². The van der Waals surface area contributed by atoms with Gasteiger partial charge in [-0.05, 0) is 22.6 Å². The molecule has 1 aliphatic heterocycles. The fraction of sp³-hybridized carbons (Fsp3) is 0.333. The molecule has 0 radical (unpaired) electrons. The highest BCUT2D eigenvalue weighted by molar-refractivity contribution is 14.1. The van der Waals surface area contributed by atoms with E-state index in [9.17, 15) is 0 Å². The Hall–Kier alpha value is 0.0300. The molecule has 0 aliphatic carbocycles. The number of ether oxygens (including phenoxy) is 2. The van der Waals surface area contributed by atoms with Crippen molar-refractivity contribution in [3.05, 3.63) is 10.8 Å². The zero-order chi connectivity index (χ0) is 6.97. The summed E-state index contributed by atoms with van der Waals surface area (Å²) < 4.78 is 11.0. The topological polar surface area (TPSA) is 18.5 Å². The van der Waals surface area contributed by atoms with Crippen molar-refractivity contribution in [2.45, 2.75) is 4.11 Å². The van der Waals surface area contributed by atoms with Gasteiger partial charge in [-0.3, -0.25) is 0 Å². The zero-order valence-corrected chi connectivity index (χ0v) is 8.02. The molecule has 1 aliphatic rings. The second kappa shape index (κ2) is 2.58. The van der Waals surface area contributed by atoms with E-state index in [2.05, 4.69) is 22.6 Å². The quantitative estimate of drug-likeness (QED) is 0.531. The van der Waals surface area contributed by atoms with Crippen LogP contribution < -0.4 is 9.47 Å². The van der Waals surface area contributed by atoms with E-state index in [1.54, 1.807) is 11.3 Å². The van der Waals surface area contributed by atoms with E-state index in [1.165, 1.54) is 0 Å². The predicted molar refractivity (Wildman–Crippen MR) is 48.3 cm³/mol. The largest absolute Gasteiger partial charge is 0.484 e. The smallest absolute Gasteiger partial charge is 0.183 e. The van der Waals surface area contributed by atoms with Crippen LogP contribution in [0.1, 0.15) is 0 Å². The lowest BCUT2D eigenvalue weighted by Gasteiger charge is -2.19. The predicted octanol–water partition coefficient (Wildman–Crippen LogP) is 2.28. The Morgan fingerprint density at radius 2 is 2.30 bits per heavy atom. The summed E-state index contributed by atoms with van der Waals surface area (Å²) in [6.07, 6.45) is 0. The molecule has 1 unspecified atom stereocenters. The van der Waals surface area contributed by atoms with Gasteiger partial charge < -0.3 is 9.47 Å². The first-order valence-corrected chi connectivity index (χ1v) is 5.05. The number of fused-ring (bicyclic) bond motifs is 1. The summed E-state index contributed by atoms with van der Waals surface area (Å²) in [6.45, 7) is 0.657. The summed E-state index contributed by atoms with van der Waals surface area (Å²) in [7, 11) is 0. The van der Waals surface area contributed by atoms with Gasteiger partial charge in [0.15, 0.2) is 15.6 Å². The van der Waals surface area contributed by atoms with Gasteiger partial charge in [-0.15, -0.1) is 11.3 Å². The summed E-state index contributed by atoms with van der Waals surface area (Å²) in [5.74, 6) is 1.77. The Kier molecular flexibility index (Phi) is 1.73. The first-order valence-electron chi connectivity index (χ1n) is 2.86. The van der Waals surface area contributed by atoms with Gasteiger partial charge in [0, 0.05) is 10.8 Å². The Balaban J connectivity index is 2.30. The minimum atomic E-state index is 0.166. The molecule has 0 saturated heterocycles. The molecule has 0 bridgehead atoms. The average Bonchev–Trinajstić information content (AvgIpc) is 2.33. The number of hydrogen-bond donors (Lipinski definition) is 0. The minimum absolute atomic E-state index is 0.166. The first-order chi connectivity index (χ1) is 4.86. The van der Waals surface area contributed by atoms with E-state index >= 15 is 0 Å². The lowest BCUT2D eigenvalue weighted by molar-refractivity contribution is 0.161. The second-order valence-electron chi connectivity index (χ2n) is 1.94. The van der Waals surface area contributed by atoms with Crippen LogP contribution in [0.15, 0.2) is 10.8 Å². The summed E-state index contributed by atoms with van der Waals surface area (Å²) in [5, 5.41) is 3.91. The zero-order valence-electron chi connectivity index (χ0n) is 5.04. The highest BCUT2D eigenvalue weighted by atomic mass is 127. The van der Waals surface area contributed by atoms with Gasteiger partial charge in [-0.25, -0.2) is 0 Å². The number of alkyl halides is 1. The maximum atomic E-state index is 5.44. The molecule has 0 fully saturated rings. The average molecular weight is 268 g/mol. The molecule has 4 heteroatoms. The number of thiophene rings is 1. The van der Waals surface area contributed by atoms with Crippen LogP contribution in [0.2, 0.25) is 0 Å². The number of halogens is 1. The van der Waals surface area contributed by atoms with Crippen LogP contribution in [0.5, 0.6) is 11.5 Å². The van der Waals surface area contributed by atoms with Gasteiger partial charge in [-0.2, -0.15) is 0 Å². The number of rotatable bonds is 0. The van der Waals surface area contributed by atoms with Gasteiger partial charge in [0.25, 0.3) is 0 Å². The Morgan fingerprint density at radius 3 is 3.20 bits per heavy atom. The fourth-order valence-corrected chi connectivity index (χ4v) is 1.92. The summed E-state index contributed by atoms with van der Waals surface area (Å²) >= 11 is 3.81. The van der Waals surface area contributed by atoms with E-state index in [0.29, 0.717) is 6.61 Å². The van der Waals surface area contributed by atoms with Gasteiger partial charge >= 0.3 is 0 Å². The minimum Gasteiger partial charge on any atom is -0.484 e. The molecule has 1 atom stereocenters. The summed E-state index contributed by atoms with van der Waals surface area (Å²) in [6, 6.07) is 0. The van der Waals surface area contributed by atoms with E-state index < -0.39 is 0 Å². The van der Waals surface area contributed by atoms with Gasteiger partial charge in [0.05, 0.1) is 0 Å². The molecular formula is C6H5IO2S. The van der Waals surface area contributed by atoms with Gasteiger partial charge in [0.2, 0.25) is 0 Å². The van der Waals surface area contributed by atoms with Crippen molar-refractivity contribution in [1.82, 2.24) is 0 Å². The molecule has 10 heavy (non-hydrogen) atoms. The molecule has 0 saturated carbocycles. The fourth-order valence-electron chi connectivity index (χ4n) is 0.792. The standard InChI is InChI=1S/C6H5IO2S/c7-6-1-8-4-2-10-3-5(4)9-6/h2-3,6H,1H2. The summed E-state index contributed by atoms with van der Waals surface area (Å²) in [4.78, 5) is 0. The van der Waals surface area contributed by atoms with Crippen molar-refractivity contribution in [1.29, 1.82) is 0 Å². The Bertz CT molecular complexity index is 235. The van der Waals surface area contributed by atoms with Crippen LogP contribution in [0.25, 0.3) is 0 Å². The van der Waals surface area contributed by atoms with Crippen LogP contribution in [-0.2, 0) is 0 Å². The number of hydrogen-bond acceptors (Lipinski definition) is 3. The van der Waals surface area contributed by atoms with E-state index in [1.807, 2.05) is 10.8 Å². The SMILES string of the molecule is IC1COc2cscc2O1. The molecule has 54 valence electrons.